The lowest BCUT2D eigenvalue weighted by atomic mass is 9.98. The number of nitrogens with one attached hydrogen (secondary N) is 2. The molecular formula is C23H29N3O6. The van der Waals surface area contributed by atoms with Gasteiger partial charge < -0.3 is 29.4 Å². The fraction of sp³-hybridized carbons (Fsp3) is 0.435. The van der Waals surface area contributed by atoms with Gasteiger partial charge in [-0.25, -0.2) is 4.79 Å². The number of carbonyl (C=O) groups is 3. The molecule has 9 nitrogen and oxygen atoms in total. The average Bonchev–Trinajstić information content (AvgIpc) is 3.33. The summed E-state index contributed by atoms with van der Waals surface area (Å²) in [7, 11) is 4.90. The van der Waals surface area contributed by atoms with Crippen LogP contribution in [0, 0.1) is 5.92 Å². The Balaban J connectivity index is 1.85. The van der Waals surface area contributed by atoms with Crippen molar-refractivity contribution in [2.75, 3.05) is 27.4 Å². The van der Waals surface area contributed by atoms with Crippen LogP contribution >= 0.6 is 0 Å². The highest BCUT2D eigenvalue weighted by Crippen LogP contribution is 2.33. The van der Waals surface area contributed by atoms with Crippen molar-refractivity contribution >= 4 is 28.7 Å². The van der Waals surface area contributed by atoms with Gasteiger partial charge in [-0.15, -0.1) is 0 Å². The molecule has 2 amide bonds. The highest BCUT2D eigenvalue weighted by atomic mass is 16.5. The van der Waals surface area contributed by atoms with Crippen LogP contribution in [-0.2, 0) is 21.4 Å². The molecule has 172 valence electrons. The maximum absolute atomic E-state index is 13.1. The van der Waals surface area contributed by atoms with E-state index in [1.807, 2.05) is 12.1 Å². The molecule has 9 heteroatoms. The molecule has 2 atom stereocenters. The molecule has 1 aromatic carbocycles. The van der Waals surface area contributed by atoms with Crippen LogP contribution in [0.25, 0.3) is 10.9 Å². The minimum Gasteiger partial charge on any atom is -0.493 e. The second kappa shape index (κ2) is 10.2. The number of rotatable bonds is 9. The van der Waals surface area contributed by atoms with Gasteiger partial charge in [0.15, 0.2) is 11.5 Å². The van der Waals surface area contributed by atoms with E-state index in [2.05, 4.69) is 10.6 Å². The zero-order valence-corrected chi connectivity index (χ0v) is 18.8. The number of nitrogens with zero attached hydrogens (tertiary/aromatic N) is 1. The molecule has 2 N–H and O–H groups in total. The lowest BCUT2D eigenvalue weighted by Gasteiger charge is -2.18. The molecule has 1 aliphatic heterocycles. The maximum atomic E-state index is 13.1. The number of esters is 1. The molecule has 2 heterocycles. The lowest BCUT2D eigenvalue weighted by Crippen LogP contribution is -2.37. The van der Waals surface area contributed by atoms with E-state index in [9.17, 15) is 14.4 Å². The van der Waals surface area contributed by atoms with Gasteiger partial charge in [0.05, 0.1) is 26.3 Å². The van der Waals surface area contributed by atoms with Gasteiger partial charge in [0.2, 0.25) is 5.91 Å². The second-order valence-electron chi connectivity index (χ2n) is 7.56. The van der Waals surface area contributed by atoms with E-state index in [-0.39, 0.29) is 24.3 Å². The molecule has 0 spiro atoms. The van der Waals surface area contributed by atoms with E-state index in [1.165, 1.54) is 6.08 Å². The number of hydrogen-bond acceptors (Lipinski definition) is 6. The fourth-order valence-corrected chi connectivity index (χ4v) is 3.87. The molecular weight excluding hydrogens is 414 g/mol. The zero-order chi connectivity index (χ0) is 23.3. The van der Waals surface area contributed by atoms with Crippen molar-refractivity contribution in [3.63, 3.8) is 0 Å². The standard InChI is InChI=1S/C23H29N3O6/c1-5-32-21(27)7-6-16(10-14-8-9-24-22(14)28)25-23(29)18-11-15-12-19(30-3)20(31-4)13-17(15)26(18)2/h6-7,11-14,16H,5,8-10H2,1-4H3,(H,24,28)(H,25,29)/t14-,16+/m0/s1. The summed E-state index contributed by atoms with van der Waals surface area (Å²) in [5, 5.41) is 6.56. The van der Waals surface area contributed by atoms with Crippen molar-refractivity contribution in [1.29, 1.82) is 0 Å². The Morgan fingerprint density at radius 2 is 1.97 bits per heavy atom. The Labute approximate surface area is 186 Å². The second-order valence-corrected chi connectivity index (χ2v) is 7.56. The minimum absolute atomic E-state index is 0.0439. The molecule has 3 rings (SSSR count). The van der Waals surface area contributed by atoms with Crippen molar-refractivity contribution in [1.82, 2.24) is 15.2 Å². The molecule has 0 unspecified atom stereocenters. The number of aryl methyl sites for hydroxylation is 1. The molecule has 0 bridgehead atoms. The van der Waals surface area contributed by atoms with Crippen LogP contribution in [0.2, 0.25) is 0 Å². The fourth-order valence-electron chi connectivity index (χ4n) is 3.87. The molecule has 1 fully saturated rings. The molecule has 1 aromatic heterocycles. The molecule has 0 aliphatic carbocycles. The first-order valence-corrected chi connectivity index (χ1v) is 10.5. The van der Waals surface area contributed by atoms with Gasteiger partial charge in [0.1, 0.15) is 5.69 Å². The smallest absolute Gasteiger partial charge is 0.330 e. The van der Waals surface area contributed by atoms with E-state index >= 15 is 0 Å². The van der Waals surface area contributed by atoms with Crippen molar-refractivity contribution < 1.29 is 28.6 Å². The Bertz CT molecular complexity index is 1040. The third-order valence-corrected chi connectivity index (χ3v) is 5.55. The summed E-state index contributed by atoms with van der Waals surface area (Å²) < 4.78 is 17.4. The molecule has 0 radical (unpaired) electrons. The van der Waals surface area contributed by atoms with Crippen molar-refractivity contribution in [2.45, 2.75) is 25.8 Å². The SMILES string of the molecule is CCOC(=O)C=C[C@H](C[C@@H]1CCNC1=O)NC(=O)c1cc2cc(OC)c(OC)cc2n1C. The third kappa shape index (κ3) is 5.04. The number of benzene rings is 1. The highest BCUT2D eigenvalue weighted by Gasteiger charge is 2.28. The van der Waals surface area contributed by atoms with E-state index in [0.717, 1.165) is 10.9 Å². The maximum Gasteiger partial charge on any atom is 0.330 e. The predicted molar refractivity (Wildman–Crippen MR) is 119 cm³/mol. The highest BCUT2D eigenvalue weighted by molar-refractivity contribution is 5.99. The third-order valence-electron chi connectivity index (χ3n) is 5.55. The van der Waals surface area contributed by atoms with Gasteiger partial charge in [-0.1, -0.05) is 6.08 Å². The number of fused-ring (bicyclic) bond motifs is 1. The van der Waals surface area contributed by atoms with E-state index in [0.29, 0.717) is 36.6 Å². The van der Waals surface area contributed by atoms with Crippen LogP contribution in [-0.4, -0.2) is 55.8 Å². The van der Waals surface area contributed by atoms with Gasteiger partial charge in [0, 0.05) is 43.1 Å². The van der Waals surface area contributed by atoms with Crippen LogP contribution in [0.1, 0.15) is 30.3 Å². The van der Waals surface area contributed by atoms with Gasteiger partial charge in [-0.3, -0.25) is 9.59 Å². The molecule has 2 aromatic rings. The lowest BCUT2D eigenvalue weighted by molar-refractivity contribution is -0.137. The van der Waals surface area contributed by atoms with Gasteiger partial charge >= 0.3 is 5.97 Å². The summed E-state index contributed by atoms with van der Waals surface area (Å²) in [6.07, 6.45) is 3.94. The number of amides is 2. The quantitative estimate of drug-likeness (QED) is 0.453. The predicted octanol–water partition coefficient (Wildman–Crippen LogP) is 1.94. The molecule has 0 saturated carbocycles. The summed E-state index contributed by atoms with van der Waals surface area (Å²) in [6.45, 7) is 2.59. The number of aromatic nitrogens is 1. The van der Waals surface area contributed by atoms with Gasteiger partial charge in [-0.2, -0.15) is 0 Å². The van der Waals surface area contributed by atoms with E-state index in [4.69, 9.17) is 14.2 Å². The van der Waals surface area contributed by atoms with Gasteiger partial charge in [0.25, 0.3) is 5.91 Å². The molecule has 1 aliphatic rings. The normalized spacial score (nSPS) is 16.8. The largest absolute Gasteiger partial charge is 0.493 e. The minimum atomic E-state index is -0.511. The van der Waals surface area contributed by atoms with Crippen molar-refractivity contribution in [3.05, 3.63) is 36.0 Å². The van der Waals surface area contributed by atoms with Crippen LogP contribution in [0.4, 0.5) is 0 Å². The van der Waals surface area contributed by atoms with Crippen LogP contribution in [0.5, 0.6) is 11.5 Å². The number of carbonyl (C=O) groups excluding carboxylic acids is 3. The van der Waals surface area contributed by atoms with Crippen LogP contribution in [0.15, 0.2) is 30.4 Å². The number of methoxy groups -OCH3 is 2. The molecule has 32 heavy (non-hydrogen) atoms. The van der Waals surface area contributed by atoms with Crippen molar-refractivity contribution in [3.8, 4) is 11.5 Å². The first-order valence-electron chi connectivity index (χ1n) is 10.5. The Hall–Kier alpha value is -3.49. The molecule has 1 saturated heterocycles. The Morgan fingerprint density at radius 1 is 1.25 bits per heavy atom. The number of hydrogen-bond donors (Lipinski definition) is 2. The summed E-state index contributed by atoms with van der Waals surface area (Å²) in [5.41, 5.74) is 1.24. The monoisotopic (exact) mass is 443 g/mol. The Morgan fingerprint density at radius 3 is 2.59 bits per heavy atom. The zero-order valence-electron chi connectivity index (χ0n) is 18.8. The average molecular weight is 444 g/mol. The van der Waals surface area contributed by atoms with Gasteiger partial charge in [-0.05, 0) is 31.9 Å². The topological polar surface area (TPSA) is 108 Å². The Kier molecular flexibility index (Phi) is 7.40. The summed E-state index contributed by atoms with van der Waals surface area (Å²) in [6, 6.07) is 4.88. The first kappa shape index (κ1) is 23.2. The van der Waals surface area contributed by atoms with Crippen LogP contribution < -0.4 is 20.1 Å². The summed E-state index contributed by atoms with van der Waals surface area (Å²) in [4.78, 5) is 36.9. The van der Waals surface area contributed by atoms with E-state index in [1.54, 1.807) is 44.9 Å². The summed E-state index contributed by atoms with van der Waals surface area (Å²) in [5.74, 6) is 0.0476. The summed E-state index contributed by atoms with van der Waals surface area (Å²) >= 11 is 0. The van der Waals surface area contributed by atoms with E-state index < -0.39 is 12.0 Å². The van der Waals surface area contributed by atoms with Crippen LogP contribution in [0.3, 0.4) is 0 Å². The van der Waals surface area contributed by atoms with Crippen molar-refractivity contribution in [2.24, 2.45) is 13.0 Å². The first-order chi connectivity index (χ1) is 15.4. The number of ether oxygens (including phenoxy) is 3.